The number of anilines is 1. The average Bonchev–Trinajstić information content (AvgIpc) is 2.46. The fraction of sp³-hybridized carbons (Fsp3) is 0.750. The summed E-state index contributed by atoms with van der Waals surface area (Å²) in [5, 5.41) is 3.31. The van der Waals surface area contributed by atoms with E-state index >= 15 is 0 Å². The molecule has 0 spiro atoms. The molecule has 1 aromatic heterocycles. The lowest BCUT2D eigenvalue weighted by atomic mass is 9.84. The van der Waals surface area contributed by atoms with Gasteiger partial charge in [-0.3, -0.25) is 4.79 Å². The lowest BCUT2D eigenvalue weighted by Crippen LogP contribution is -2.41. The maximum atomic E-state index is 12.5. The Morgan fingerprint density at radius 1 is 1.38 bits per heavy atom. The lowest BCUT2D eigenvalue weighted by molar-refractivity contribution is 0.319. The minimum atomic E-state index is -0.250. The normalized spacial score (nSPS) is 18.5. The largest absolute Gasteiger partial charge is 0.361 e. The quantitative estimate of drug-likeness (QED) is 0.893. The highest BCUT2D eigenvalue weighted by Crippen LogP contribution is 2.27. The van der Waals surface area contributed by atoms with Gasteiger partial charge in [0.2, 0.25) is 0 Å². The van der Waals surface area contributed by atoms with Crippen molar-refractivity contribution in [1.82, 2.24) is 9.55 Å². The number of rotatable bonds is 4. The minimum Gasteiger partial charge on any atom is -0.361 e. The molecule has 0 radical (unpaired) electrons. The van der Waals surface area contributed by atoms with Gasteiger partial charge in [-0.1, -0.05) is 19.3 Å². The van der Waals surface area contributed by atoms with Gasteiger partial charge in [0.25, 0.3) is 5.56 Å². The Balaban J connectivity index is 2.20. The molecule has 1 fully saturated rings. The third-order valence-electron chi connectivity index (χ3n) is 4.36. The molecular formula is C16H28N4O. The van der Waals surface area contributed by atoms with Crippen molar-refractivity contribution >= 4 is 5.82 Å². The summed E-state index contributed by atoms with van der Waals surface area (Å²) in [5.74, 6) is 0.974. The van der Waals surface area contributed by atoms with Crippen molar-refractivity contribution in [3.8, 4) is 0 Å². The first-order chi connectivity index (χ1) is 9.93. The van der Waals surface area contributed by atoms with Crippen LogP contribution in [0.1, 0.15) is 52.9 Å². The van der Waals surface area contributed by atoms with Crippen molar-refractivity contribution in [2.24, 2.45) is 11.7 Å². The molecule has 0 amide bonds. The fourth-order valence-electron chi connectivity index (χ4n) is 3.12. The molecule has 5 nitrogen and oxygen atoms in total. The van der Waals surface area contributed by atoms with Gasteiger partial charge in [-0.05, 0) is 39.5 Å². The second-order valence-corrected chi connectivity index (χ2v) is 7.01. The predicted molar refractivity (Wildman–Crippen MR) is 86.5 cm³/mol. The van der Waals surface area contributed by atoms with Crippen LogP contribution in [0.25, 0.3) is 0 Å². The molecule has 5 heteroatoms. The monoisotopic (exact) mass is 292 g/mol. The lowest BCUT2D eigenvalue weighted by Gasteiger charge is -2.30. The molecule has 0 saturated heterocycles. The van der Waals surface area contributed by atoms with E-state index in [-0.39, 0.29) is 17.1 Å². The number of aromatic nitrogens is 2. The summed E-state index contributed by atoms with van der Waals surface area (Å²) in [6.07, 6.45) is 9.64. The number of nitrogens with zero attached hydrogens (tertiary/aromatic N) is 2. The average molecular weight is 292 g/mol. The van der Waals surface area contributed by atoms with Crippen LogP contribution in [0.2, 0.25) is 0 Å². The first kappa shape index (κ1) is 16.0. The van der Waals surface area contributed by atoms with Crippen LogP contribution in [0.15, 0.2) is 17.2 Å². The molecule has 21 heavy (non-hydrogen) atoms. The zero-order valence-corrected chi connectivity index (χ0v) is 13.4. The summed E-state index contributed by atoms with van der Waals surface area (Å²) in [5.41, 5.74) is 5.61. The van der Waals surface area contributed by atoms with Crippen LogP contribution in [-0.4, -0.2) is 22.1 Å². The number of hydrogen-bond acceptors (Lipinski definition) is 4. The zero-order valence-electron chi connectivity index (χ0n) is 13.4. The molecule has 1 saturated carbocycles. The van der Waals surface area contributed by atoms with Gasteiger partial charge in [-0.25, -0.2) is 4.98 Å². The third-order valence-corrected chi connectivity index (χ3v) is 4.36. The van der Waals surface area contributed by atoms with Crippen LogP contribution in [-0.2, 0) is 5.54 Å². The van der Waals surface area contributed by atoms with Crippen molar-refractivity contribution < 1.29 is 0 Å². The van der Waals surface area contributed by atoms with E-state index in [1.807, 2.05) is 20.8 Å². The van der Waals surface area contributed by atoms with E-state index in [1.165, 1.54) is 32.1 Å². The zero-order chi connectivity index (χ0) is 15.5. The van der Waals surface area contributed by atoms with E-state index in [9.17, 15) is 4.79 Å². The second-order valence-electron chi connectivity index (χ2n) is 7.01. The number of nitrogens with one attached hydrogen (secondary N) is 1. The van der Waals surface area contributed by atoms with E-state index in [0.29, 0.717) is 18.3 Å². The summed E-state index contributed by atoms with van der Waals surface area (Å²) >= 11 is 0. The maximum Gasteiger partial charge on any atom is 0.293 e. The Bertz CT molecular complexity index is 512. The Morgan fingerprint density at radius 2 is 2.05 bits per heavy atom. The van der Waals surface area contributed by atoms with Gasteiger partial charge in [-0.2, -0.15) is 0 Å². The molecule has 0 bridgehead atoms. The number of nitrogens with two attached hydrogens (primary N) is 1. The summed E-state index contributed by atoms with van der Waals surface area (Å²) in [6.45, 7) is 6.58. The maximum absolute atomic E-state index is 12.5. The second kappa shape index (κ2) is 6.60. The van der Waals surface area contributed by atoms with E-state index in [2.05, 4.69) is 10.3 Å². The summed E-state index contributed by atoms with van der Waals surface area (Å²) in [6, 6.07) is 0.140. The van der Waals surface area contributed by atoms with Crippen molar-refractivity contribution in [1.29, 1.82) is 0 Å². The van der Waals surface area contributed by atoms with Gasteiger partial charge >= 0.3 is 0 Å². The molecule has 1 atom stereocenters. The molecular weight excluding hydrogens is 264 g/mol. The third kappa shape index (κ3) is 3.84. The van der Waals surface area contributed by atoms with E-state index < -0.39 is 0 Å². The molecule has 0 aliphatic heterocycles. The van der Waals surface area contributed by atoms with Gasteiger partial charge in [0.05, 0.1) is 0 Å². The van der Waals surface area contributed by atoms with Crippen LogP contribution in [0.3, 0.4) is 0 Å². The number of hydrogen-bond donors (Lipinski definition) is 2. The smallest absolute Gasteiger partial charge is 0.293 e. The predicted octanol–water partition coefficient (Wildman–Crippen LogP) is 2.32. The SMILES string of the molecule is CC(C)(C)n1ccnc(NC(CN)C2CCCCC2)c1=O. The van der Waals surface area contributed by atoms with Crippen molar-refractivity contribution in [3.63, 3.8) is 0 Å². The molecule has 1 aliphatic carbocycles. The van der Waals surface area contributed by atoms with Crippen molar-refractivity contribution in [3.05, 3.63) is 22.7 Å². The van der Waals surface area contributed by atoms with Crippen LogP contribution < -0.4 is 16.6 Å². The van der Waals surface area contributed by atoms with Gasteiger partial charge in [0, 0.05) is 30.5 Å². The topological polar surface area (TPSA) is 72.9 Å². The first-order valence-corrected chi connectivity index (χ1v) is 7.98. The van der Waals surface area contributed by atoms with Crippen LogP contribution in [0.5, 0.6) is 0 Å². The Morgan fingerprint density at radius 3 is 2.62 bits per heavy atom. The van der Waals surface area contributed by atoms with E-state index in [4.69, 9.17) is 5.73 Å². The molecule has 1 aromatic rings. The van der Waals surface area contributed by atoms with Crippen molar-refractivity contribution in [2.75, 3.05) is 11.9 Å². The first-order valence-electron chi connectivity index (χ1n) is 7.98. The Labute approximate surface area is 127 Å². The summed E-state index contributed by atoms with van der Waals surface area (Å²) in [4.78, 5) is 16.8. The molecule has 118 valence electrons. The summed E-state index contributed by atoms with van der Waals surface area (Å²) in [7, 11) is 0. The van der Waals surface area contributed by atoms with Gasteiger partial charge in [0.15, 0.2) is 5.82 Å². The Kier molecular flexibility index (Phi) is 5.04. The van der Waals surface area contributed by atoms with Gasteiger partial charge in [-0.15, -0.1) is 0 Å². The highest BCUT2D eigenvalue weighted by Gasteiger charge is 2.24. The fourth-order valence-corrected chi connectivity index (χ4v) is 3.12. The van der Waals surface area contributed by atoms with E-state index in [1.54, 1.807) is 17.0 Å². The molecule has 2 rings (SSSR count). The standard InChI is InChI=1S/C16H28N4O/c1-16(2,3)20-10-9-18-14(15(20)21)19-13(11-17)12-7-5-4-6-8-12/h9-10,12-13H,4-8,11,17H2,1-3H3,(H,18,19). The van der Waals surface area contributed by atoms with Gasteiger partial charge in [0.1, 0.15) is 0 Å². The van der Waals surface area contributed by atoms with E-state index in [0.717, 1.165) is 0 Å². The molecule has 1 heterocycles. The molecule has 0 aromatic carbocycles. The van der Waals surface area contributed by atoms with Gasteiger partial charge < -0.3 is 15.6 Å². The highest BCUT2D eigenvalue weighted by atomic mass is 16.1. The van der Waals surface area contributed by atoms with Crippen LogP contribution in [0, 0.1) is 5.92 Å². The molecule has 1 unspecified atom stereocenters. The highest BCUT2D eigenvalue weighted by molar-refractivity contribution is 5.33. The molecule has 1 aliphatic rings. The summed E-state index contributed by atoms with van der Waals surface area (Å²) < 4.78 is 1.72. The Hall–Kier alpha value is -1.36. The van der Waals surface area contributed by atoms with Crippen molar-refractivity contribution in [2.45, 2.75) is 64.5 Å². The molecule has 3 N–H and O–H groups in total. The van der Waals surface area contributed by atoms with Crippen LogP contribution in [0.4, 0.5) is 5.82 Å². The minimum absolute atomic E-state index is 0.0701. The van der Waals surface area contributed by atoms with Crippen LogP contribution >= 0.6 is 0 Å².